The fraction of sp³-hybridized carbons (Fsp3) is 0. The van der Waals surface area contributed by atoms with E-state index < -0.39 is 0 Å². The Labute approximate surface area is 151 Å². The lowest BCUT2D eigenvalue weighted by Crippen LogP contribution is -2.16. The quantitative estimate of drug-likeness (QED) is 0.491. The van der Waals surface area contributed by atoms with Gasteiger partial charge >= 0.3 is 0 Å². The number of fused-ring (bicyclic) bond motifs is 1. The Balaban J connectivity index is 1.85. The van der Waals surface area contributed by atoms with Crippen molar-refractivity contribution in [1.29, 1.82) is 0 Å². The number of nitrogens with zero attached hydrogens (tertiary/aromatic N) is 1. The molecule has 5 heteroatoms. The van der Waals surface area contributed by atoms with Crippen LogP contribution in [-0.4, -0.2) is 4.57 Å². The van der Waals surface area contributed by atoms with Gasteiger partial charge in [0.1, 0.15) is 4.83 Å². The Morgan fingerprint density at radius 3 is 2.58 bits per heavy atom. The normalized spacial score (nSPS) is 10.9. The zero-order valence-electron chi connectivity index (χ0n) is 12.6. The second kappa shape index (κ2) is 6.26. The van der Waals surface area contributed by atoms with Crippen molar-refractivity contribution >= 4 is 48.9 Å². The van der Waals surface area contributed by atoms with Crippen LogP contribution in [0.5, 0.6) is 0 Å². The van der Waals surface area contributed by atoms with Crippen LogP contribution in [-0.2, 0) is 0 Å². The van der Waals surface area contributed by atoms with Crippen LogP contribution < -0.4 is 10.9 Å². The molecule has 0 spiro atoms. The summed E-state index contributed by atoms with van der Waals surface area (Å²) >= 11 is 5.05. The SMILES string of the molecule is O=c1ccc2c(Nc3cccc(Br)c3)csc2n1-c1ccccc1. The van der Waals surface area contributed by atoms with E-state index in [0.29, 0.717) is 0 Å². The molecule has 0 unspecified atom stereocenters. The van der Waals surface area contributed by atoms with Gasteiger partial charge in [-0.2, -0.15) is 0 Å². The summed E-state index contributed by atoms with van der Waals surface area (Å²) in [6, 6.07) is 21.2. The highest BCUT2D eigenvalue weighted by Crippen LogP contribution is 2.33. The van der Waals surface area contributed by atoms with Gasteiger partial charge in [0.15, 0.2) is 0 Å². The first-order valence-electron chi connectivity index (χ1n) is 7.44. The van der Waals surface area contributed by atoms with Crippen molar-refractivity contribution in [2.75, 3.05) is 5.32 Å². The molecule has 0 bridgehead atoms. The number of benzene rings is 2. The van der Waals surface area contributed by atoms with Crippen LogP contribution in [0.1, 0.15) is 0 Å². The van der Waals surface area contributed by atoms with E-state index in [0.717, 1.165) is 31.8 Å². The van der Waals surface area contributed by atoms with Crippen LogP contribution in [0.3, 0.4) is 0 Å². The summed E-state index contributed by atoms with van der Waals surface area (Å²) in [5.74, 6) is 0. The fourth-order valence-electron chi connectivity index (χ4n) is 2.66. The summed E-state index contributed by atoms with van der Waals surface area (Å²) < 4.78 is 2.78. The number of halogens is 1. The van der Waals surface area contributed by atoms with Crippen molar-refractivity contribution in [3.63, 3.8) is 0 Å². The van der Waals surface area contributed by atoms with Crippen LogP contribution in [0.2, 0.25) is 0 Å². The third kappa shape index (κ3) is 2.77. The first-order valence-corrected chi connectivity index (χ1v) is 9.11. The second-order valence-electron chi connectivity index (χ2n) is 5.35. The van der Waals surface area contributed by atoms with Gasteiger partial charge in [0.05, 0.1) is 11.4 Å². The van der Waals surface area contributed by atoms with Gasteiger partial charge in [0, 0.05) is 27.0 Å². The average Bonchev–Trinajstić information content (AvgIpc) is 2.98. The maximum Gasteiger partial charge on any atom is 0.256 e. The number of thiophene rings is 1. The van der Waals surface area contributed by atoms with E-state index >= 15 is 0 Å². The molecular formula is C19H13BrN2OS. The van der Waals surface area contributed by atoms with Gasteiger partial charge in [-0.25, -0.2) is 0 Å². The van der Waals surface area contributed by atoms with E-state index in [-0.39, 0.29) is 5.56 Å². The first kappa shape index (κ1) is 15.2. The summed E-state index contributed by atoms with van der Waals surface area (Å²) in [5, 5.41) is 6.51. The number of aromatic nitrogens is 1. The molecule has 2 heterocycles. The third-order valence-electron chi connectivity index (χ3n) is 3.74. The minimum Gasteiger partial charge on any atom is -0.354 e. The number of hydrogen-bond donors (Lipinski definition) is 1. The summed E-state index contributed by atoms with van der Waals surface area (Å²) in [6.45, 7) is 0. The topological polar surface area (TPSA) is 34.0 Å². The molecule has 0 aliphatic heterocycles. The highest BCUT2D eigenvalue weighted by atomic mass is 79.9. The Bertz CT molecular complexity index is 1070. The van der Waals surface area contributed by atoms with Gasteiger partial charge in [0.2, 0.25) is 0 Å². The molecule has 0 radical (unpaired) electrons. The van der Waals surface area contributed by atoms with Crippen molar-refractivity contribution in [3.8, 4) is 5.69 Å². The lowest BCUT2D eigenvalue weighted by Gasteiger charge is -2.08. The molecule has 4 aromatic rings. The van der Waals surface area contributed by atoms with Gasteiger partial charge in [-0.05, 0) is 36.4 Å². The average molecular weight is 397 g/mol. The van der Waals surface area contributed by atoms with Crippen LogP contribution in [0.25, 0.3) is 15.9 Å². The number of rotatable bonds is 3. The lowest BCUT2D eigenvalue weighted by molar-refractivity contribution is 1.06. The smallest absolute Gasteiger partial charge is 0.256 e. The van der Waals surface area contributed by atoms with Crippen molar-refractivity contribution in [1.82, 2.24) is 4.57 Å². The Morgan fingerprint density at radius 2 is 1.79 bits per heavy atom. The molecule has 118 valence electrons. The number of nitrogens with one attached hydrogen (secondary N) is 1. The maximum absolute atomic E-state index is 12.4. The highest BCUT2D eigenvalue weighted by Gasteiger charge is 2.11. The molecule has 0 amide bonds. The lowest BCUT2D eigenvalue weighted by atomic mass is 10.2. The van der Waals surface area contributed by atoms with Crippen molar-refractivity contribution < 1.29 is 0 Å². The Hall–Kier alpha value is -2.37. The van der Waals surface area contributed by atoms with Crippen LogP contribution in [0.15, 0.2) is 81.4 Å². The minimum absolute atomic E-state index is 0.0236. The molecule has 2 aromatic heterocycles. The van der Waals surface area contributed by atoms with Crippen LogP contribution >= 0.6 is 27.3 Å². The van der Waals surface area contributed by atoms with E-state index in [4.69, 9.17) is 0 Å². The monoisotopic (exact) mass is 396 g/mol. The number of anilines is 2. The molecule has 4 rings (SSSR count). The molecule has 0 aliphatic carbocycles. The zero-order valence-corrected chi connectivity index (χ0v) is 15.0. The van der Waals surface area contributed by atoms with Crippen LogP contribution in [0.4, 0.5) is 11.4 Å². The number of hydrogen-bond acceptors (Lipinski definition) is 3. The largest absolute Gasteiger partial charge is 0.354 e. The summed E-state index contributed by atoms with van der Waals surface area (Å²) in [5.41, 5.74) is 2.85. The van der Waals surface area contributed by atoms with E-state index in [1.54, 1.807) is 22.0 Å². The number of pyridine rings is 1. The van der Waals surface area contributed by atoms with E-state index in [9.17, 15) is 4.79 Å². The summed E-state index contributed by atoms with van der Waals surface area (Å²) in [4.78, 5) is 13.3. The predicted octanol–water partition coefficient (Wildman–Crippen LogP) is 5.56. The molecule has 3 nitrogen and oxygen atoms in total. The molecule has 0 aliphatic rings. The van der Waals surface area contributed by atoms with Crippen LogP contribution in [0, 0.1) is 0 Å². The highest BCUT2D eigenvalue weighted by molar-refractivity contribution is 9.10. The summed E-state index contributed by atoms with van der Waals surface area (Å²) in [6.07, 6.45) is 0. The van der Waals surface area contributed by atoms with Gasteiger partial charge in [0.25, 0.3) is 5.56 Å². The molecule has 1 N–H and O–H groups in total. The van der Waals surface area contributed by atoms with Gasteiger partial charge < -0.3 is 5.32 Å². The van der Waals surface area contributed by atoms with E-state index in [1.807, 2.05) is 66.0 Å². The Kier molecular flexibility index (Phi) is 3.96. The zero-order chi connectivity index (χ0) is 16.5. The van der Waals surface area contributed by atoms with E-state index in [1.165, 1.54) is 0 Å². The first-order chi connectivity index (χ1) is 11.7. The molecule has 0 atom stereocenters. The predicted molar refractivity (Wildman–Crippen MR) is 105 cm³/mol. The molecule has 0 fully saturated rings. The Morgan fingerprint density at radius 1 is 0.958 bits per heavy atom. The van der Waals surface area contributed by atoms with Gasteiger partial charge in [-0.1, -0.05) is 40.2 Å². The second-order valence-corrected chi connectivity index (χ2v) is 7.12. The maximum atomic E-state index is 12.4. The van der Waals surface area contributed by atoms with Gasteiger partial charge in [-0.15, -0.1) is 11.3 Å². The van der Waals surface area contributed by atoms with Gasteiger partial charge in [-0.3, -0.25) is 9.36 Å². The molecule has 24 heavy (non-hydrogen) atoms. The molecule has 2 aromatic carbocycles. The third-order valence-corrected chi connectivity index (χ3v) is 5.22. The van der Waals surface area contributed by atoms with Crippen molar-refractivity contribution in [2.24, 2.45) is 0 Å². The summed E-state index contributed by atoms with van der Waals surface area (Å²) in [7, 11) is 0. The molecular weight excluding hydrogens is 384 g/mol. The van der Waals surface area contributed by atoms with Crippen molar-refractivity contribution in [3.05, 3.63) is 86.9 Å². The van der Waals surface area contributed by atoms with E-state index in [2.05, 4.69) is 21.2 Å². The van der Waals surface area contributed by atoms with Crippen molar-refractivity contribution in [2.45, 2.75) is 0 Å². The molecule has 0 saturated carbocycles. The minimum atomic E-state index is -0.0236. The number of para-hydroxylation sites is 1. The standard InChI is InChI=1S/C19H13BrN2OS/c20-13-5-4-6-14(11-13)21-17-12-24-19-16(17)9-10-18(23)22(19)15-7-2-1-3-8-15/h1-12,21H. The fourth-order valence-corrected chi connectivity index (χ4v) is 4.08. The molecule has 0 saturated heterocycles.